The van der Waals surface area contributed by atoms with Crippen molar-refractivity contribution in [1.82, 2.24) is 15.0 Å². The van der Waals surface area contributed by atoms with Crippen molar-refractivity contribution in [2.45, 2.75) is 13.1 Å². The molecule has 0 atom stereocenters. The number of ether oxygens (including phenoxy) is 1. The van der Waals surface area contributed by atoms with Gasteiger partial charge in [0.25, 0.3) is 0 Å². The Labute approximate surface area is 124 Å². The number of aromatic nitrogens is 3. The molecule has 3 rings (SSSR count). The Morgan fingerprint density at radius 1 is 1.18 bits per heavy atom. The number of alkyl halides is 3. The molecule has 0 fully saturated rings. The molecule has 7 heteroatoms. The molecule has 0 amide bonds. The Hall–Kier alpha value is -2.57. The quantitative estimate of drug-likeness (QED) is 0.794. The van der Waals surface area contributed by atoms with Gasteiger partial charge in [0.1, 0.15) is 5.75 Å². The molecule has 0 aliphatic heterocycles. The average Bonchev–Trinajstić information content (AvgIpc) is 2.94. The second-order valence-corrected chi connectivity index (χ2v) is 4.63. The number of nitrogens with one attached hydrogen (secondary N) is 1. The van der Waals surface area contributed by atoms with Crippen molar-refractivity contribution in [2.24, 2.45) is 0 Å². The highest BCUT2D eigenvalue weighted by Gasteiger charge is 2.34. The van der Waals surface area contributed by atoms with Crippen LogP contribution in [-0.2, 0) is 6.18 Å². The number of imidazole rings is 1. The normalized spacial score (nSPS) is 11.8. The van der Waals surface area contributed by atoms with Crippen molar-refractivity contribution in [2.75, 3.05) is 6.61 Å². The number of nitrogens with zero attached hydrogens (tertiary/aromatic N) is 2. The summed E-state index contributed by atoms with van der Waals surface area (Å²) in [6, 6.07) is 5.56. The zero-order valence-electron chi connectivity index (χ0n) is 11.6. The van der Waals surface area contributed by atoms with Crippen LogP contribution in [0.1, 0.15) is 12.5 Å². The van der Waals surface area contributed by atoms with Crippen LogP contribution in [-0.4, -0.2) is 21.6 Å². The van der Waals surface area contributed by atoms with E-state index in [2.05, 4.69) is 15.0 Å². The monoisotopic (exact) mass is 307 g/mol. The molecule has 0 saturated heterocycles. The van der Waals surface area contributed by atoms with Gasteiger partial charge in [-0.15, -0.1) is 0 Å². The van der Waals surface area contributed by atoms with Crippen LogP contribution in [0.3, 0.4) is 0 Å². The molecular weight excluding hydrogens is 295 g/mol. The fraction of sp³-hybridized carbons (Fsp3) is 0.200. The molecule has 0 spiro atoms. The first kappa shape index (κ1) is 14.4. The SMILES string of the molecule is CCOc1ccc(-c2cc3nc[nH]c3cn2)cc1C(F)(F)F. The van der Waals surface area contributed by atoms with Crippen molar-refractivity contribution < 1.29 is 17.9 Å². The summed E-state index contributed by atoms with van der Waals surface area (Å²) >= 11 is 0. The van der Waals surface area contributed by atoms with Crippen LogP contribution in [0.2, 0.25) is 0 Å². The van der Waals surface area contributed by atoms with E-state index in [0.29, 0.717) is 16.8 Å². The van der Waals surface area contributed by atoms with Crippen LogP contribution in [0.5, 0.6) is 5.75 Å². The highest BCUT2D eigenvalue weighted by Crippen LogP contribution is 2.38. The van der Waals surface area contributed by atoms with Crippen LogP contribution in [0.4, 0.5) is 13.2 Å². The molecule has 114 valence electrons. The molecule has 0 saturated carbocycles. The summed E-state index contributed by atoms with van der Waals surface area (Å²) in [6.45, 7) is 1.81. The first-order chi connectivity index (χ1) is 10.5. The van der Waals surface area contributed by atoms with Gasteiger partial charge in [-0.2, -0.15) is 13.2 Å². The van der Waals surface area contributed by atoms with E-state index in [-0.39, 0.29) is 12.4 Å². The maximum atomic E-state index is 13.2. The number of benzene rings is 1. The molecule has 0 bridgehead atoms. The van der Waals surface area contributed by atoms with Gasteiger partial charge in [-0.25, -0.2) is 4.98 Å². The minimum absolute atomic E-state index is 0.167. The van der Waals surface area contributed by atoms with Crippen LogP contribution < -0.4 is 4.74 Å². The Bertz CT molecular complexity index is 811. The van der Waals surface area contributed by atoms with Gasteiger partial charge >= 0.3 is 6.18 Å². The molecule has 22 heavy (non-hydrogen) atoms. The van der Waals surface area contributed by atoms with E-state index in [0.717, 1.165) is 11.6 Å². The third-order valence-electron chi connectivity index (χ3n) is 3.19. The van der Waals surface area contributed by atoms with Gasteiger partial charge in [0.05, 0.1) is 41.4 Å². The molecule has 0 unspecified atom stereocenters. The first-order valence-corrected chi connectivity index (χ1v) is 6.62. The van der Waals surface area contributed by atoms with Gasteiger partial charge in [-0.1, -0.05) is 0 Å². The predicted octanol–water partition coefficient (Wildman–Crippen LogP) is 4.04. The van der Waals surface area contributed by atoms with Crippen molar-refractivity contribution in [1.29, 1.82) is 0 Å². The van der Waals surface area contributed by atoms with Gasteiger partial charge < -0.3 is 9.72 Å². The van der Waals surface area contributed by atoms with E-state index in [9.17, 15) is 13.2 Å². The molecular formula is C15H12F3N3O. The number of pyridine rings is 1. The summed E-state index contributed by atoms with van der Waals surface area (Å²) in [5.41, 5.74) is 1.35. The van der Waals surface area contributed by atoms with E-state index in [1.165, 1.54) is 12.4 Å². The van der Waals surface area contributed by atoms with E-state index in [4.69, 9.17) is 4.74 Å². The number of hydrogen-bond acceptors (Lipinski definition) is 3. The molecule has 0 radical (unpaired) electrons. The molecule has 2 heterocycles. The first-order valence-electron chi connectivity index (χ1n) is 6.62. The largest absolute Gasteiger partial charge is 0.493 e. The lowest BCUT2D eigenvalue weighted by Crippen LogP contribution is -2.09. The van der Waals surface area contributed by atoms with Crippen molar-refractivity contribution in [3.05, 3.63) is 42.4 Å². The minimum Gasteiger partial charge on any atom is -0.493 e. The Morgan fingerprint density at radius 2 is 2.00 bits per heavy atom. The van der Waals surface area contributed by atoms with E-state index < -0.39 is 11.7 Å². The zero-order chi connectivity index (χ0) is 15.7. The van der Waals surface area contributed by atoms with Crippen LogP contribution in [0.25, 0.3) is 22.3 Å². The van der Waals surface area contributed by atoms with E-state index in [1.807, 2.05) is 0 Å². The number of aromatic amines is 1. The second kappa shape index (κ2) is 5.32. The van der Waals surface area contributed by atoms with E-state index >= 15 is 0 Å². The van der Waals surface area contributed by atoms with Crippen molar-refractivity contribution in [3.63, 3.8) is 0 Å². The molecule has 0 aliphatic carbocycles. The summed E-state index contributed by atoms with van der Waals surface area (Å²) < 4.78 is 44.5. The highest BCUT2D eigenvalue weighted by molar-refractivity contribution is 5.78. The van der Waals surface area contributed by atoms with Gasteiger partial charge in [0.15, 0.2) is 0 Å². The van der Waals surface area contributed by atoms with Gasteiger partial charge in [-0.05, 0) is 31.2 Å². The number of H-pyrrole nitrogens is 1. The number of fused-ring (bicyclic) bond motifs is 1. The Balaban J connectivity index is 2.10. The number of hydrogen-bond donors (Lipinski definition) is 1. The Morgan fingerprint density at radius 3 is 2.73 bits per heavy atom. The summed E-state index contributed by atoms with van der Waals surface area (Å²) in [6.07, 6.45) is -1.44. The fourth-order valence-corrected chi connectivity index (χ4v) is 2.18. The average molecular weight is 307 g/mol. The fourth-order valence-electron chi connectivity index (χ4n) is 2.18. The molecule has 4 nitrogen and oxygen atoms in total. The smallest absolute Gasteiger partial charge is 0.419 e. The molecule has 1 N–H and O–H groups in total. The maximum absolute atomic E-state index is 13.2. The van der Waals surface area contributed by atoms with E-state index in [1.54, 1.807) is 25.3 Å². The van der Waals surface area contributed by atoms with Crippen molar-refractivity contribution in [3.8, 4) is 17.0 Å². The Kier molecular flexibility index (Phi) is 3.48. The topological polar surface area (TPSA) is 50.8 Å². The summed E-state index contributed by atoms with van der Waals surface area (Å²) in [5, 5.41) is 0. The highest BCUT2D eigenvalue weighted by atomic mass is 19.4. The number of rotatable bonds is 3. The maximum Gasteiger partial charge on any atom is 0.419 e. The van der Waals surface area contributed by atoms with Crippen LogP contribution in [0, 0.1) is 0 Å². The third kappa shape index (κ3) is 2.61. The summed E-state index contributed by atoms with van der Waals surface area (Å²) in [4.78, 5) is 11.1. The molecule has 3 aromatic rings. The zero-order valence-corrected chi connectivity index (χ0v) is 11.6. The predicted molar refractivity (Wildman–Crippen MR) is 75.5 cm³/mol. The lowest BCUT2D eigenvalue weighted by molar-refractivity contribution is -0.138. The van der Waals surface area contributed by atoms with Crippen molar-refractivity contribution >= 4 is 11.0 Å². The standard InChI is InChI=1S/C15H12F3N3O/c1-2-22-14-4-3-9(5-10(14)15(16,17)18)11-6-12-13(7-19-11)21-8-20-12/h3-8H,2H2,1H3,(H,20,21). The van der Waals surface area contributed by atoms with Crippen LogP contribution in [0.15, 0.2) is 36.8 Å². The number of halogens is 3. The van der Waals surface area contributed by atoms with Gasteiger partial charge in [-0.3, -0.25) is 4.98 Å². The van der Waals surface area contributed by atoms with Crippen LogP contribution >= 0.6 is 0 Å². The molecule has 0 aliphatic rings. The summed E-state index contributed by atoms with van der Waals surface area (Å²) in [7, 11) is 0. The minimum atomic E-state index is -4.49. The second-order valence-electron chi connectivity index (χ2n) is 4.63. The van der Waals surface area contributed by atoms with Gasteiger partial charge in [0.2, 0.25) is 0 Å². The molecule has 1 aromatic carbocycles. The lowest BCUT2D eigenvalue weighted by Gasteiger charge is -2.14. The lowest BCUT2D eigenvalue weighted by atomic mass is 10.1. The third-order valence-corrected chi connectivity index (χ3v) is 3.19. The molecule has 2 aromatic heterocycles. The van der Waals surface area contributed by atoms with Gasteiger partial charge in [0, 0.05) is 5.56 Å². The summed E-state index contributed by atoms with van der Waals surface area (Å²) in [5.74, 6) is -0.181.